The molecular formula is C31H25FN5O4+. The Morgan fingerprint density at radius 3 is 2.29 bits per heavy atom. The number of aromatic nitrogens is 1. The maximum atomic E-state index is 13.2. The molecule has 4 aromatic rings. The Kier molecular flexibility index (Phi) is 6.72. The quantitative estimate of drug-likeness (QED) is 0.142. The van der Waals surface area contributed by atoms with Crippen LogP contribution in [0.4, 0.5) is 15.8 Å². The molecule has 1 fully saturated rings. The Bertz CT molecular complexity index is 1740. The molecule has 2 amide bonds. The third-order valence-electron chi connectivity index (χ3n) is 7.14. The van der Waals surface area contributed by atoms with Gasteiger partial charge in [0.25, 0.3) is 0 Å². The molecule has 1 aromatic heterocycles. The van der Waals surface area contributed by atoms with Crippen molar-refractivity contribution in [3.05, 3.63) is 109 Å². The number of benzene rings is 3. The van der Waals surface area contributed by atoms with E-state index in [0.717, 1.165) is 22.0 Å². The van der Waals surface area contributed by atoms with Crippen molar-refractivity contribution in [3.63, 3.8) is 0 Å². The molecule has 0 radical (unpaired) electrons. The summed E-state index contributed by atoms with van der Waals surface area (Å²) in [7, 11) is 0. The van der Waals surface area contributed by atoms with Crippen molar-refractivity contribution in [3.8, 4) is 11.5 Å². The van der Waals surface area contributed by atoms with Crippen molar-refractivity contribution in [2.45, 2.75) is 12.8 Å². The number of rotatable bonds is 7. The van der Waals surface area contributed by atoms with Gasteiger partial charge in [0.1, 0.15) is 22.7 Å². The molecular weight excluding hydrogens is 525 g/mol. The third kappa shape index (κ3) is 5.40. The molecule has 9 nitrogen and oxygen atoms in total. The van der Waals surface area contributed by atoms with Gasteiger partial charge in [0.2, 0.25) is 18.4 Å². The number of ether oxygens (including phenoxy) is 1. The second kappa shape index (κ2) is 10.6. The Labute approximate surface area is 234 Å². The van der Waals surface area contributed by atoms with Gasteiger partial charge in [-0.25, -0.2) is 4.39 Å². The molecule has 0 atom stereocenters. The highest BCUT2D eigenvalue weighted by Crippen LogP contribution is 2.47. The van der Waals surface area contributed by atoms with Gasteiger partial charge in [0, 0.05) is 34.6 Å². The molecule has 3 N–H and O–H groups in total. The molecule has 1 aliphatic heterocycles. The lowest BCUT2D eigenvalue weighted by Gasteiger charge is -2.16. The molecule has 0 unspecified atom stereocenters. The van der Waals surface area contributed by atoms with Crippen LogP contribution in [0.5, 0.6) is 11.5 Å². The summed E-state index contributed by atoms with van der Waals surface area (Å²) in [6, 6.07) is 20.0. The van der Waals surface area contributed by atoms with Gasteiger partial charge in [-0.2, -0.15) is 0 Å². The van der Waals surface area contributed by atoms with E-state index in [1.807, 2.05) is 30.4 Å². The van der Waals surface area contributed by atoms with Crippen LogP contribution in [0.25, 0.3) is 16.5 Å². The zero-order valence-corrected chi connectivity index (χ0v) is 21.8. The summed E-state index contributed by atoms with van der Waals surface area (Å²) in [4.78, 5) is 30.3. The minimum atomic E-state index is -1.15. The van der Waals surface area contributed by atoms with Crippen LogP contribution in [0, 0.1) is 11.2 Å². The van der Waals surface area contributed by atoms with Crippen LogP contribution in [0.15, 0.2) is 103 Å². The summed E-state index contributed by atoms with van der Waals surface area (Å²) >= 11 is 0. The fourth-order valence-electron chi connectivity index (χ4n) is 4.65. The van der Waals surface area contributed by atoms with Crippen LogP contribution < -0.4 is 15.4 Å². The first-order valence-corrected chi connectivity index (χ1v) is 13.0. The highest BCUT2D eigenvalue weighted by atomic mass is 19.1. The minimum absolute atomic E-state index is 0.388. The van der Waals surface area contributed by atoms with E-state index < -0.39 is 17.1 Å². The number of amides is 2. The van der Waals surface area contributed by atoms with Crippen molar-refractivity contribution < 1.29 is 28.6 Å². The molecule has 0 spiro atoms. The number of fused-ring (bicyclic) bond motifs is 1. The van der Waals surface area contributed by atoms with Crippen molar-refractivity contribution in [2.24, 2.45) is 10.7 Å². The molecule has 10 heteroatoms. The van der Waals surface area contributed by atoms with Crippen LogP contribution in [0.3, 0.4) is 0 Å². The summed E-state index contributed by atoms with van der Waals surface area (Å²) in [5.74, 6) is -0.0152. The number of hydrogen-bond acceptors (Lipinski definition) is 5. The minimum Gasteiger partial charge on any atom is -0.457 e. The first kappa shape index (κ1) is 25.9. The second-order valence-corrected chi connectivity index (χ2v) is 9.89. The number of nitrogens with zero attached hydrogens (tertiary/aromatic N) is 3. The molecule has 41 heavy (non-hydrogen) atoms. The maximum absolute atomic E-state index is 13.2. The molecule has 2 aliphatic rings. The standard InChI is InChI=1S/C31H24FN5O4/c32-22-4-6-23(7-5-22)34-29(38)31(14-15-31)30(39)35-24-8-10-25(11-9-24)41-28-13-16-33-27-18-20(3-12-26(27)28)21-2-1-17-37(19-21)36-40/h1-13,16-18H,14-15,19H2,(H2,34,35,38,39)/p+1. The Morgan fingerprint density at radius 2 is 1.63 bits per heavy atom. The number of nitrogens with one attached hydrogen (secondary N) is 2. The first-order valence-electron chi connectivity index (χ1n) is 13.0. The Balaban J connectivity index is 1.12. The van der Waals surface area contributed by atoms with Gasteiger partial charge in [-0.05, 0) is 91.2 Å². The van der Waals surface area contributed by atoms with Crippen molar-refractivity contribution in [1.82, 2.24) is 4.98 Å². The number of hydrogen-bond donors (Lipinski definition) is 3. The molecule has 2 heterocycles. The fraction of sp³-hybridized carbons (Fsp3) is 0.129. The second-order valence-electron chi connectivity index (χ2n) is 9.89. The Morgan fingerprint density at radius 1 is 0.951 bits per heavy atom. The number of carbonyl (C=O) groups excluding carboxylic acids is 2. The van der Waals surface area contributed by atoms with Crippen molar-refractivity contribution in [2.75, 3.05) is 17.2 Å². The topological polar surface area (TPSA) is 116 Å². The summed E-state index contributed by atoms with van der Waals surface area (Å²) in [5.41, 5.74) is 2.52. The molecule has 6 rings (SSSR count). The molecule has 1 aliphatic carbocycles. The molecule has 204 valence electrons. The van der Waals surface area contributed by atoms with Gasteiger partial charge >= 0.3 is 0 Å². The summed E-state index contributed by atoms with van der Waals surface area (Å²) in [5, 5.41) is 18.7. The highest BCUT2D eigenvalue weighted by Gasteiger charge is 2.56. The number of halogens is 1. The number of anilines is 2. The molecule has 0 saturated heterocycles. The summed E-state index contributed by atoms with van der Waals surface area (Å²) < 4.78 is 20.7. The van der Waals surface area contributed by atoms with Crippen LogP contribution in [0.1, 0.15) is 18.4 Å². The number of carbonyl (C=O) groups is 2. The first-order chi connectivity index (χ1) is 19.9. The van der Waals surface area contributed by atoms with E-state index in [0.29, 0.717) is 42.3 Å². The normalized spacial score (nSPS) is 16.2. The van der Waals surface area contributed by atoms with Crippen molar-refractivity contribution >= 4 is 39.7 Å². The SMILES string of the molecule is O=C(Nc1ccc(F)cc1)C1(C(=O)Nc2ccc(Oc3ccnc4cc(C5=CC=C[N+](=NO)C5)ccc34)cc2)CC1. The fourth-order valence-corrected chi connectivity index (χ4v) is 4.65. The number of pyridine rings is 1. The largest absolute Gasteiger partial charge is 0.457 e. The average molecular weight is 551 g/mol. The van der Waals surface area contributed by atoms with E-state index in [9.17, 15) is 14.0 Å². The zero-order chi connectivity index (χ0) is 28.4. The van der Waals surface area contributed by atoms with Gasteiger partial charge in [0.15, 0.2) is 11.5 Å². The van der Waals surface area contributed by atoms with Gasteiger partial charge in [-0.3, -0.25) is 14.6 Å². The van der Waals surface area contributed by atoms with Crippen LogP contribution in [0.2, 0.25) is 0 Å². The summed E-state index contributed by atoms with van der Waals surface area (Å²) in [6.45, 7) is 0.442. The van der Waals surface area contributed by atoms with Crippen LogP contribution in [-0.4, -0.2) is 33.2 Å². The maximum Gasteiger partial charge on any atom is 0.240 e. The van der Waals surface area contributed by atoms with E-state index in [-0.39, 0.29) is 5.91 Å². The summed E-state index contributed by atoms with van der Waals surface area (Å²) in [6.07, 6.45) is 8.01. The van der Waals surface area contributed by atoms with Gasteiger partial charge < -0.3 is 20.6 Å². The lowest BCUT2D eigenvalue weighted by Crippen LogP contribution is -2.35. The van der Waals surface area contributed by atoms with Gasteiger partial charge in [-0.1, -0.05) is 10.8 Å². The Hall–Kier alpha value is -5.38. The van der Waals surface area contributed by atoms with Crippen LogP contribution in [-0.2, 0) is 9.59 Å². The third-order valence-corrected chi connectivity index (χ3v) is 7.14. The molecule has 1 saturated carbocycles. The van der Waals surface area contributed by atoms with E-state index in [4.69, 9.17) is 9.94 Å². The lowest BCUT2D eigenvalue weighted by molar-refractivity contribution is -0.543. The average Bonchev–Trinajstić information content (AvgIpc) is 3.82. The zero-order valence-electron chi connectivity index (χ0n) is 21.8. The predicted molar refractivity (Wildman–Crippen MR) is 150 cm³/mol. The van der Waals surface area contributed by atoms with E-state index in [1.54, 1.807) is 42.7 Å². The van der Waals surface area contributed by atoms with E-state index in [1.165, 1.54) is 29.0 Å². The lowest BCUT2D eigenvalue weighted by atomic mass is 10.0. The predicted octanol–water partition coefficient (Wildman–Crippen LogP) is 6.29. The highest BCUT2D eigenvalue weighted by molar-refractivity contribution is 6.16. The smallest absolute Gasteiger partial charge is 0.240 e. The van der Waals surface area contributed by atoms with Gasteiger partial charge in [0.05, 0.1) is 5.52 Å². The molecule has 3 aromatic carbocycles. The van der Waals surface area contributed by atoms with Crippen molar-refractivity contribution in [1.29, 1.82) is 0 Å². The van der Waals surface area contributed by atoms with Crippen LogP contribution >= 0.6 is 0 Å². The van der Waals surface area contributed by atoms with Gasteiger partial charge in [-0.15, -0.1) is 0 Å². The number of allylic oxidation sites excluding steroid dienone is 2. The van der Waals surface area contributed by atoms with E-state index >= 15 is 0 Å². The monoisotopic (exact) mass is 550 g/mol. The van der Waals surface area contributed by atoms with E-state index in [2.05, 4.69) is 20.9 Å². The molecule has 0 bridgehead atoms.